The third kappa shape index (κ3) is 4.99. The van der Waals surface area contributed by atoms with E-state index in [4.69, 9.17) is 9.47 Å². The highest BCUT2D eigenvalue weighted by Crippen LogP contribution is 2.25. The number of methoxy groups -OCH3 is 1. The normalized spacial score (nSPS) is 11.0. The molecule has 0 aliphatic heterocycles. The van der Waals surface area contributed by atoms with Gasteiger partial charge in [0.2, 0.25) is 5.88 Å². The van der Waals surface area contributed by atoms with Gasteiger partial charge in [0, 0.05) is 17.3 Å². The van der Waals surface area contributed by atoms with E-state index in [1.54, 1.807) is 42.5 Å². The van der Waals surface area contributed by atoms with Crippen LogP contribution in [0.25, 0.3) is 11.3 Å². The average Bonchev–Trinajstić information content (AvgIpc) is 2.80. The highest BCUT2D eigenvalue weighted by molar-refractivity contribution is 7.92. The van der Waals surface area contributed by atoms with Crippen LogP contribution in [0.15, 0.2) is 95.9 Å². The van der Waals surface area contributed by atoms with Crippen LogP contribution in [0.1, 0.15) is 0 Å². The van der Waals surface area contributed by atoms with Crippen LogP contribution in [-0.2, 0) is 10.0 Å². The number of aromatic nitrogens is 2. The second kappa shape index (κ2) is 8.85. The molecule has 156 valence electrons. The molecule has 0 fully saturated rings. The maximum atomic E-state index is 12.8. The molecule has 1 N–H and O–H groups in total. The topological polar surface area (TPSA) is 90.4 Å². The summed E-state index contributed by atoms with van der Waals surface area (Å²) in [5.74, 6) is 1.63. The lowest BCUT2D eigenvalue weighted by Gasteiger charge is -2.11. The highest BCUT2D eigenvalue weighted by Gasteiger charge is 2.15. The molecule has 0 saturated heterocycles. The minimum atomic E-state index is -3.77. The first-order valence-electron chi connectivity index (χ1n) is 9.37. The monoisotopic (exact) mass is 433 g/mol. The lowest BCUT2D eigenvalue weighted by Crippen LogP contribution is -2.12. The van der Waals surface area contributed by atoms with Gasteiger partial charge < -0.3 is 9.47 Å². The third-order valence-electron chi connectivity index (χ3n) is 4.37. The zero-order chi connectivity index (χ0) is 21.7. The predicted molar refractivity (Wildman–Crippen MR) is 118 cm³/mol. The van der Waals surface area contributed by atoms with Crippen molar-refractivity contribution in [2.45, 2.75) is 4.90 Å². The van der Waals surface area contributed by atoms with E-state index in [-0.39, 0.29) is 4.90 Å². The molecular formula is C23H19N3O4S. The SMILES string of the molecule is COc1ccc(-c2cccc(NS(=O)(=O)c3ccc(Oc4ccccc4)cc3)c2)nn1. The van der Waals surface area contributed by atoms with Gasteiger partial charge in [0.1, 0.15) is 11.5 Å². The summed E-state index contributed by atoms with van der Waals surface area (Å²) in [4.78, 5) is 0.127. The standard InChI is InChI=1S/C23H19N3O4S/c1-29-23-15-14-22(24-25-23)17-6-5-7-18(16-17)26-31(27,28)21-12-10-20(11-13-21)30-19-8-3-2-4-9-19/h2-16,26H,1H3. The molecule has 7 nitrogen and oxygen atoms in total. The maximum Gasteiger partial charge on any atom is 0.261 e. The van der Waals surface area contributed by atoms with Crippen LogP contribution in [0.5, 0.6) is 17.4 Å². The Hall–Kier alpha value is -3.91. The molecule has 0 saturated carbocycles. The van der Waals surface area contributed by atoms with E-state index in [0.717, 1.165) is 5.56 Å². The number of hydrogen-bond acceptors (Lipinski definition) is 6. The number of nitrogens with one attached hydrogen (secondary N) is 1. The molecule has 0 spiro atoms. The van der Waals surface area contributed by atoms with Crippen molar-refractivity contribution < 1.29 is 17.9 Å². The van der Waals surface area contributed by atoms with E-state index in [1.165, 1.54) is 19.2 Å². The molecule has 3 aromatic carbocycles. The molecule has 0 amide bonds. The number of benzene rings is 3. The van der Waals surface area contributed by atoms with Gasteiger partial charge in [-0.15, -0.1) is 10.2 Å². The van der Waals surface area contributed by atoms with E-state index in [9.17, 15) is 8.42 Å². The molecular weight excluding hydrogens is 414 g/mol. The zero-order valence-corrected chi connectivity index (χ0v) is 17.4. The predicted octanol–water partition coefficient (Wildman–Crippen LogP) is 4.75. The summed E-state index contributed by atoms with van der Waals surface area (Å²) >= 11 is 0. The Morgan fingerprint density at radius 2 is 1.52 bits per heavy atom. The Morgan fingerprint density at radius 1 is 0.774 bits per heavy atom. The molecule has 0 radical (unpaired) electrons. The number of sulfonamides is 1. The average molecular weight is 433 g/mol. The largest absolute Gasteiger partial charge is 0.480 e. The summed E-state index contributed by atoms with van der Waals surface area (Å²) in [5, 5.41) is 8.03. The summed E-state index contributed by atoms with van der Waals surface area (Å²) in [6.07, 6.45) is 0. The summed E-state index contributed by atoms with van der Waals surface area (Å²) < 4.78 is 38.9. The van der Waals surface area contributed by atoms with Gasteiger partial charge in [0.25, 0.3) is 10.0 Å². The fourth-order valence-electron chi connectivity index (χ4n) is 2.85. The Morgan fingerprint density at radius 3 is 2.19 bits per heavy atom. The first-order valence-corrected chi connectivity index (χ1v) is 10.9. The number of rotatable bonds is 7. The van der Waals surface area contributed by atoms with Crippen molar-refractivity contribution in [3.8, 4) is 28.6 Å². The van der Waals surface area contributed by atoms with Gasteiger partial charge in [-0.05, 0) is 54.6 Å². The summed E-state index contributed by atoms with van der Waals surface area (Å²) in [7, 11) is -2.26. The summed E-state index contributed by atoms with van der Waals surface area (Å²) in [5.41, 5.74) is 1.74. The Bertz CT molecular complexity index is 1260. The van der Waals surface area contributed by atoms with Gasteiger partial charge >= 0.3 is 0 Å². The third-order valence-corrected chi connectivity index (χ3v) is 5.77. The van der Waals surface area contributed by atoms with Gasteiger partial charge in [-0.3, -0.25) is 4.72 Å². The second-order valence-corrected chi connectivity index (χ2v) is 8.22. The molecule has 0 aliphatic carbocycles. The van der Waals surface area contributed by atoms with E-state index in [1.807, 2.05) is 36.4 Å². The van der Waals surface area contributed by atoms with Crippen molar-refractivity contribution in [2.24, 2.45) is 0 Å². The van der Waals surface area contributed by atoms with Crippen LogP contribution in [0.2, 0.25) is 0 Å². The van der Waals surface area contributed by atoms with Gasteiger partial charge in [0.05, 0.1) is 17.7 Å². The molecule has 1 aromatic heterocycles. The first kappa shape index (κ1) is 20.4. The molecule has 0 aliphatic rings. The molecule has 0 bridgehead atoms. The van der Waals surface area contributed by atoms with Gasteiger partial charge in [-0.1, -0.05) is 30.3 Å². The van der Waals surface area contributed by atoms with Crippen LogP contribution < -0.4 is 14.2 Å². The van der Waals surface area contributed by atoms with Crippen LogP contribution in [0, 0.1) is 0 Å². The summed E-state index contributed by atoms with van der Waals surface area (Å²) in [6.45, 7) is 0. The first-order chi connectivity index (χ1) is 15.0. The lowest BCUT2D eigenvalue weighted by atomic mass is 10.1. The molecule has 8 heteroatoms. The fraction of sp³-hybridized carbons (Fsp3) is 0.0435. The molecule has 1 heterocycles. The lowest BCUT2D eigenvalue weighted by molar-refractivity contribution is 0.392. The minimum absolute atomic E-state index is 0.127. The van der Waals surface area contributed by atoms with Crippen molar-refractivity contribution in [1.82, 2.24) is 10.2 Å². The quantitative estimate of drug-likeness (QED) is 0.453. The van der Waals surface area contributed by atoms with Gasteiger partial charge in [-0.25, -0.2) is 8.42 Å². The van der Waals surface area contributed by atoms with Crippen LogP contribution in [0.4, 0.5) is 5.69 Å². The molecule has 4 rings (SSSR count). The number of hydrogen-bond donors (Lipinski definition) is 1. The van der Waals surface area contributed by atoms with Crippen molar-refractivity contribution >= 4 is 15.7 Å². The van der Waals surface area contributed by atoms with Crippen molar-refractivity contribution in [2.75, 3.05) is 11.8 Å². The van der Waals surface area contributed by atoms with Crippen molar-refractivity contribution in [3.05, 3.63) is 91.0 Å². The number of ether oxygens (including phenoxy) is 2. The van der Waals surface area contributed by atoms with Crippen LogP contribution >= 0.6 is 0 Å². The van der Waals surface area contributed by atoms with Crippen molar-refractivity contribution in [1.29, 1.82) is 0 Å². The minimum Gasteiger partial charge on any atom is -0.480 e. The Balaban J connectivity index is 1.50. The number of para-hydroxylation sites is 1. The Labute approximate surface area is 180 Å². The highest BCUT2D eigenvalue weighted by atomic mass is 32.2. The zero-order valence-electron chi connectivity index (χ0n) is 16.6. The smallest absolute Gasteiger partial charge is 0.261 e. The van der Waals surface area contributed by atoms with Gasteiger partial charge in [-0.2, -0.15) is 0 Å². The number of anilines is 1. The van der Waals surface area contributed by atoms with Crippen molar-refractivity contribution in [3.63, 3.8) is 0 Å². The molecule has 4 aromatic rings. The summed E-state index contributed by atoms with van der Waals surface area (Å²) in [6, 6.07) is 25.9. The molecule has 0 unspecified atom stereocenters. The van der Waals surface area contributed by atoms with E-state index >= 15 is 0 Å². The van der Waals surface area contributed by atoms with E-state index < -0.39 is 10.0 Å². The van der Waals surface area contributed by atoms with Crippen LogP contribution in [0.3, 0.4) is 0 Å². The number of nitrogens with zero attached hydrogens (tertiary/aromatic N) is 2. The van der Waals surface area contributed by atoms with Crippen LogP contribution in [-0.4, -0.2) is 25.7 Å². The molecule has 0 atom stereocenters. The Kier molecular flexibility index (Phi) is 5.81. The second-order valence-electron chi connectivity index (χ2n) is 6.53. The van der Waals surface area contributed by atoms with Gasteiger partial charge in [0.15, 0.2) is 0 Å². The van der Waals surface area contributed by atoms with E-state index in [0.29, 0.717) is 28.8 Å². The van der Waals surface area contributed by atoms with E-state index in [2.05, 4.69) is 14.9 Å². The maximum absolute atomic E-state index is 12.8. The fourth-order valence-corrected chi connectivity index (χ4v) is 3.90. The molecule has 31 heavy (non-hydrogen) atoms.